The largest absolute Gasteiger partial charge is 0.511 e. The van der Waals surface area contributed by atoms with E-state index in [9.17, 15) is 0 Å². The minimum Gasteiger partial charge on any atom is -0.511 e. The highest BCUT2D eigenvalue weighted by Gasteiger charge is 2.04. The number of hydrogen-bond donors (Lipinski definition) is 2. The molecular weight excluding hydrogens is 204 g/mol. The molecule has 0 heterocycles. The summed E-state index contributed by atoms with van der Waals surface area (Å²) in [5.74, 6) is 0.0189. The minimum atomic E-state index is -0.380. The van der Waals surface area contributed by atoms with Crippen LogP contribution in [0, 0.1) is 0 Å². The smallest absolute Gasteiger partial charge is 0.102 e. The summed E-state index contributed by atoms with van der Waals surface area (Å²) >= 11 is 0. The summed E-state index contributed by atoms with van der Waals surface area (Å²) in [6, 6.07) is -0.380. The number of aliphatic hydroxyl groups is 1. The number of nitrogens with two attached hydrogens (primary N) is 1. The number of rotatable bonds is 9. The van der Waals surface area contributed by atoms with Crippen molar-refractivity contribution in [1.82, 2.24) is 0 Å². The second-order valence-electron chi connectivity index (χ2n) is 3.79. The second kappa shape index (κ2) is 9.36. The van der Waals surface area contributed by atoms with Crippen molar-refractivity contribution >= 4 is 5.71 Å². The molecule has 0 aliphatic rings. The van der Waals surface area contributed by atoms with Gasteiger partial charge in [0.1, 0.15) is 5.76 Å². The zero-order chi connectivity index (χ0) is 12.4. The minimum absolute atomic E-state index is 0.0189. The molecule has 4 nitrogen and oxygen atoms in total. The predicted octanol–water partition coefficient (Wildman–Crippen LogP) is 2.05. The lowest BCUT2D eigenvalue weighted by Gasteiger charge is -2.10. The van der Waals surface area contributed by atoms with Gasteiger partial charge in [0.25, 0.3) is 0 Å². The van der Waals surface area contributed by atoms with Gasteiger partial charge in [-0.1, -0.05) is 19.9 Å². The third kappa shape index (κ3) is 7.43. The summed E-state index contributed by atoms with van der Waals surface area (Å²) < 4.78 is 5.42. The molecule has 4 heteroatoms. The summed E-state index contributed by atoms with van der Waals surface area (Å²) in [6.07, 6.45) is 3.62. The number of aliphatic imine (C=N–C) groups is 1. The van der Waals surface area contributed by atoms with Crippen molar-refractivity contribution in [3.05, 3.63) is 12.3 Å². The summed E-state index contributed by atoms with van der Waals surface area (Å²) in [7, 11) is 1.82. The summed E-state index contributed by atoms with van der Waals surface area (Å²) in [4.78, 5) is 4.20. The molecule has 0 saturated heterocycles. The Hall–Kier alpha value is -0.870. The van der Waals surface area contributed by atoms with E-state index in [1.807, 2.05) is 7.05 Å². The third-order valence-corrected chi connectivity index (χ3v) is 2.39. The molecule has 0 aromatic carbocycles. The molecule has 0 bridgehead atoms. The molecule has 94 valence electrons. The van der Waals surface area contributed by atoms with E-state index in [0.717, 1.165) is 19.3 Å². The molecule has 0 saturated carbocycles. The molecule has 1 unspecified atom stereocenters. The maximum atomic E-state index is 8.98. The van der Waals surface area contributed by atoms with E-state index < -0.39 is 0 Å². The van der Waals surface area contributed by atoms with E-state index in [-0.39, 0.29) is 11.8 Å². The quantitative estimate of drug-likeness (QED) is 0.360. The van der Waals surface area contributed by atoms with Crippen molar-refractivity contribution in [2.45, 2.75) is 38.6 Å². The lowest BCUT2D eigenvalue weighted by atomic mass is 10.2. The Kier molecular flexibility index (Phi) is 8.85. The van der Waals surface area contributed by atoms with Crippen molar-refractivity contribution < 1.29 is 9.84 Å². The van der Waals surface area contributed by atoms with E-state index in [2.05, 4.69) is 18.5 Å². The lowest BCUT2D eigenvalue weighted by Crippen LogP contribution is -2.24. The predicted molar refractivity (Wildman–Crippen MR) is 68.1 cm³/mol. The fraction of sp³-hybridized carbons (Fsp3) is 0.750. The first-order chi connectivity index (χ1) is 7.61. The Bertz CT molecular complexity index is 227. The van der Waals surface area contributed by atoms with Crippen LogP contribution in [0.3, 0.4) is 0 Å². The van der Waals surface area contributed by atoms with Gasteiger partial charge < -0.3 is 15.6 Å². The van der Waals surface area contributed by atoms with Gasteiger partial charge in [-0.25, -0.2) is 0 Å². The summed E-state index contributed by atoms with van der Waals surface area (Å²) in [5, 5.41) is 8.98. The lowest BCUT2D eigenvalue weighted by molar-refractivity contribution is 0.132. The van der Waals surface area contributed by atoms with Crippen LogP contribution in [0.25, 0.3) is 0 Å². The number of ether oxygens (including phenoxy) is 1. The van der Waals surface area contributed by atoms with Crippen LogP contribution in [0.1, 0.15) is 32.6 Å². The van der Waals surface area contributed by atoms with Crippen LogP contribution in [0.2, 0.25) is 0 Å². The Morgan fingerprint density at radius 3 is 2.62 bits per heavy atom. The van der Waals surface area contributed by atoms with Crippen molar-refractivity contribution in [3.8, 4) is 0 Å². The molecule has 0 radical (unpaired) electrons. The van der Waals surface area contributed by atoms with Gasteiger partial charge in [0.05, 0.1) is 12.6 Å². The maximum Gasteiger partial charge on any atom is 0.102 e. The normalized spacial score (nSPS) is 13.8. The van der Waals surface area contributed by atoms with Crippen LogP contribution in [-0.4, -0.2) is 37.1 Å². The number of nitrogens with zero attached hydrogens (tertiary/aromatic N) is 1. The molecule has 0 aliphatic carbocycles. The molecule has 0 aromatic rings. The molecule has 0 amide bonds. The zero-order valence-electron chi connectivity index (χ0n) is 10.4. The van der Waals surface area contributed by atoms with Crippen LogP contribution in [0.4, 0.5) is 0 Å². The SMILES string of the molecule is C=C(O)C(N)CCOCCC(CCC)=NC. The number of aliphatic hydroxyl groups excluding tert-OH is 1. The molecule has 0 rings (SSSR count). The maximum absolute atomic E-state index is 8.98. The van der Waals surface area contributed by atoms with Gasteiger partial charge in [0.15, 0.2) is 0 Å². The average molecular weight is 228 g/mol. The molecule has 1 atom stereocenters. The highest BCUT2D eigenvalue weighted by Crippen LogP contribution is 2.00. The van der Waals surface area contributed by atoms with Crippen LogP contribution in [0.5, 0.6) is 0 Å². The van der Waals surface area contributed by atoms with Gasteiger partial charge in [0, 0.05) is 25.8 Å². The fourth-order valence-electron chi connectivity index (χ4n) is 1.31. The summed E-state index contributed by atoms with van der Waals surface area (Å²) in [6.45, 7) is 6.72. The van der Waals surface area contributed by atoms with E-state index in [1.54, 1.807) is 0 Å². The van der Waals surface area contributed by atoms with Crippen LogP contribution < -0.4 is 5.73 Å². The van der Waals surface area contributed by atoms with Crippen molar-refractivity contribution in [2.75, 3.05) is 20.3 Å². The molecule has 3 N–H and O–H groups in total. The van der Waals surface area contributed by atoms with E-state index >= 15 is 0 Å². The Balaban J connectivity index is 3.49. The first kappa shape index (κ1) is 15.1. The zero-order valence-corrected chi connectivity index (χ0v) is 10.4. The molecule has 0 aliphatic heterocycles. The molecule has 0 spiro atoms. The Morgan fingerprint density at radius 1 is 1.44 bits per heavy atom. The van der Waals surface area contributed by atoms with Crippen molar-refractivity contribution in [3.63, 3.8) is 0 Å². The first-order valence-corrected chi connectivity index (χ1v) is 5.77. The van der Waals surface area contributed by atoms with Gasteiger partial charge in [-0.3, -0.25) is 4.99 Å². The Morgan fingerprint density at radius 2 is 2.12 bits per heavy atom. The third-order valence-electron chi connectivity index (χ3n) is 2.39. The average Bonchev–Trinajstić information content (AvgIpc) is 2.26. The van der Waals surface area contributed by atoms with E-state index in [0.29, 0.717) is 19.6 Å². The van der Waals surface area contributed by atoms with Crippen molar-refractivity contribution in [2.24, 2.45) is 10.7 Å². The molecular formula is C12H24N2O2. The molecule has 16 heavy (non-hydrogen) atoms. The number of hydrogen-bond acceptors (Lipinski definition) is 4. The van der Waals surface area contributed by atoms with Gasteiger partial charge >= 0.3 is 0 Å². The van der Waals surface area contributed by atoms with E-state index in [1.165, 1.54) is 5.71 Å². The van der Waals surface area contributed by atoms with Gasteiger partial charge in [-0.2, -0.15) is 0 Å². The fourth-order valence-corrected chi connectivity index (χ4v) is 1.31. The monoisotopic (exact) mass is 228 g/mol. The van der Waals surface area contributed by atoms with Gasteiger partial charge in [0.2, 0.25) is 0 Å². The Labute approximate surface area is 98.2 Å². The van der Waals surface area contributed by atoms with Crippen LogP contribution >= 0.6 is 0 Å². The molecule has 0 fully saturated rings. The first-order valence-electron chi connectivity index (χ1n) is 5.77. The van der Waals surface area contributed by atoms with Gasteiger partial charge in [-0.05, 0) is 12.8 Å². The second-order valence-corrected chi connectivity index (χ2v) is 3.79. The topological polar surface area (TPSA) is 67.8 Å². The highest BCUT2D eigenvalue weighted by molar-refractivity contribution is 5.84. The highest BCUT2D eigenvalue weighted by atomic mass is 16.5. The van der Waals surface area contributed by atoms with E-state index in [4.69, 9.17) is 15.6 Å². The summed E-state index contributed by atoms with van der Waals surface area (Å²) in [5.41, 5.74) is 6.77. The van der Waals surface area contributed by atoms with Gasteiger partial charge in [-0.15, -0.1) is 0 Å². The molecule has 0 aromatic heterocycles. The van der Waals surface area contributed by atoms with Crippen molar-refractivity contribution in [1.29, 1.82) is 0 Å². The van der Waals surface area contributed by atoms with Crippen LogP contribution in [-0.2, 0) is 4.74 Å². The van der Waals surface area contributed by atoms with Crippen LogP contribution in [0.15, 0.2) is 17.3 Å². The standard InChI is InChI=1S/C12H24N2O2/c1-4-5-11(14-3)6-8-16-9-7-12(13)10(2)15/h12,15H,2,4-9,13H2,1,3H3.